The predicted molar refractivity (Wildman–Crippen MR) is 103 cm³/mol. The summed E-state index contributed by atoms with van der Waals surface area (Å²) in [5.41, 5.74) is 1.60. The molecule has 0 radical (unpaired) electrons. The van der Waals surface area contributed by atoms with Gasteiger partial charge in [0, 0.05) is 6.42 Å². The van der Waals surface area contributed by atoms with Crippen LogP contribution in [0.25, 0.3) is 0 Å². The molecule has 2 unspecified atom stereocenters. The standard InChI is InChI=1S/C22H26N2O/c1-17(2)14-22(15-19-10-6-4-7-11-19)21(25)24(16-23-22)18(3)20-12-8-5-9-13-20/h4-13,16-18H,14-15H2,1-3H3. The molecule has 2 aromatic rings. The summed E-state index contributed by atoms with van der Waals surface area (Å²) in [5, 5.41) is 0. The minimum Gasteiger partial charge on any atom is -0.294 e. The molecule has 3 nitrogen and oxygen atoms in total. The van der Waals surface area contributed by atoms with Gasteiger partial charge in [-0.2, -0.15) is 0 Å². The van der Waals surface area contributed by atoms with Crippen molar-refractivity contribution in [1.29, 1.82) is 0 Å². The summed E-state index contributed by atoms with van der Waals surface area (Å²) in [6.07, 6.45) is 3.17. The van der Waals surface area contributed by atoms with Crippen LogP contribution in [0.5, 0.6) is 0 Å². The number of nitrogens with zero attached hydrogens (tertiary/aromatic N) is 2. The van der Waals surface area contributed by atoms with Gasteiger partial charge in [0.05, 0.1) is 12.4 Å². The monoisotopic (exact) mass is 334 g/mol. The van der Waals surface area contributed by atoms with E-state index in [1.165, 1.54) is 0 Å². The van der Waals surface area contributed by atoms with Gasteiger partial charge in [0.15, 0.2) is 0 Å². The summed E-state index contributed by atoms with van der Waals surface area (Å²) in [4.78, 5) is 20.0. The maximum Gasteiger partial charge on any atom is 0.256 e. The summed E-state index contributed by atoms with van der Waals surface area (Å²) in [5.74, 6) is 0.512. The Hall–Kier alpha value is -2.42. The molecule has 0 N–H and O–H groups in total. The highest BCUT2D eigenvalue weighted by Crippen LogP contribution is 2.35. The van der Waals surface area contributed by atoms with Crippen LogP contribution >= 0.6 is 0 Å². The second kappa shape index (κ2) is 7.22. The van der Waals surface area contributed by atoms with Crippen LogP contribution in [-0.2, 0) is 11.2 Å². The Kier molecular flexibility index (Phi) is 5.03. The number of aliphatic imine (C=N–C) groups is 1. The van der Waals surface area contributed by atoms with Crippen molar-refractivity contribution in [3.63, 3.8) is 0 Å². The number of hydrogen-bond donors (Lipinski definition) is 0. The van der Waals surface area contributed by atoms with E-state index in [0.717, 1.165) is 17.5 Å². The van der Waals surface area contributed by atoms with Crippen molar-refractivity contribution in [2.75, 3.05) is 0 Å². The van der Waals surface area contributed by atoms with Gasteiger partial charge in [0.2, 0.25) is 0 Å². The molecule has 0 saturated carbocycles. The molecule has 0 saturated heterocycles. The highest BCUT2D eigenvalue weighted by Gasteiger charge is 2.46. The van der Waals surface area contributed by atoms with E-state index in [2.05, 4.69) is 45.0 Å². The third-order valence-corrected chi connectivity index (χ3v) is 4.85. The highest BCUT2D eigenvalue weighted by atomic mass is 16.2. The number of rotatable bonds is 6. The second-order valence-corrected chi connectivity index (χ2v) is 7.34. The Morgan fingerprint density at radius 2 is 1.56 bits per heavy atom. The van der Waals surface area contributed by atoms with Crippen molar-refractivity contribution < 1.29 is 4.79 Å². The molecular weight excluding hydrogens is 308 g/mol. The van der Waals surface area contributed by atoms with Crippen molar-refractivity contribution in [1.82, 2.24) is 4.90 Å². The van der Waals surface area contributed by atoms with E-state index < -0.39 is 5.54 Å². The van der Waals surface area contributed by atoms with Crippen molar-refractivity contribution in [3.8, 4) is 0 Å². The average molecular weight is 334 g/mol. The Balaban J connectivity index is 1.88. The molecule has 3 heteroatoms. The van der Waals surface area contributed by atoms with E-state index in [4.69, 9.17) is 4.99 Å². The van der Waals surface area contributed by atoms with E-state index in [1.54, 1.807) is 11.2 Å². The normalized spacial score (nSPS) is 21.1. The fourth-order valence-corrected chi connectivity index (χ4v) is 3.63. The molecule has 25 heavy (non-hydrogen) atoms. The fraction of sp³-hybridized carbons (Fsp3) is 0.364. The van der Waals surface area contributed by atoms with Gasteiger partial charge < -0.3 is 0 Å². The largest absolute Gasteiger partial charge is 0.294 e. The number of benzene rings is 2. The minimum atomic E-state index is -0.682. The molecule has 1 aliphatic heterocycles. The van der Waals surface area contributed by atoms with Crippen LogP contribution in [0, 0.1) is 5.92 Å². The lowest BCUT2D eigenvalue weighted by atomic mass is 9.83. The Bertz CT molecular complexity index is 739. The van der Waals surface area contributed by atoms with Gasteiger partial charge in [-0.05, 0) is 30.4 Å². The molecule has 3 rings (SSSR count). The highest BCUT2D eigenvalue weighted by molar-refractivity contribution is 6.00. The van der Waals surface area contributed by atoms with Crippen LogP contribution in [0.4, 0.5) is 0 Å². The van der Waals surface area contributed by atoms with Gasteiger partial charge in [-0.1, -0.05) is 74.5 Å². The Labute approximate surface area is 150 Å². The summed E-state index contributed by atoms with van der Waals surface area (Å²) in [7, 11) is 0. The quantitative estimate of drug-likeness (QED) is 0.757. The molecule has 1 amide bonds. The lowest BCUT2D eigenvalue weighted by Gasteiger charge is -2.30. The SMILES string of the molecule is CC(C)CC1(Cc2ccccc2)N=CN(C(C)c2ccccc2)C1=O. The van der Waals surface area contributed by atoms with Gasteiger partial charge >= 0.3 is 0 Å². The number of carbonyl (C=O) groups excluding carboxylic acids is 1. The van der Waals surface area contributed by atoms with Crippen LogP contribution in [0.2, 0.25) is 0 Å². The lowest BCUT2D eigenvalue weighted by molar-refractivity contribution is -0.133. The lowest BCUT2D eigenvalue weighted by Crippen LogP contribution is -2.44. The molecule has 2 aromatic carbocycles. The fourth-order valence-electron chi connectivity index (χ4n) is 3.63. The number of hydrogen-bond acceptors (Lipinski definition) is 2. The molecule has 1 aliphatic rings. The van der Waals surface area contributed by atoms with Gasteiger partial charge in [-0.25, -0.2) is 0 Å². The molecule has 0 spiro atoms. The average Bonchev–Trinajstić information content (AvgIpc) is 2.91. The first-order valence-electron chi connectivity index (χ1n) is 8.99. The van der Waals surface area contributed by atoms with E-state index >= 15 is 0 Å². The smallest absolute Gasteiger partial charge is 0.256 e. The Morgan fingerprint density at radius 1 is 0.960 bits per heavy atom. The molecule has 1 heterocycles. The molecule has 0 aliphatic carbocycles. The summed E-state index contributed by atoms with van der Waals surface area (Å²) >= 11 is 0. The van der Waals surface area contributed by atoms with Gasteiger partial charge in [0.25, 0.3) is 5.91 Å². The maximum atomic E-state index is 13.4. The van der Waals surface area contributed by atoms with Gasteiger partial charge in [-0.15, -0.1) is 0 Å². The topological polar surface area (TPSA) is 32.7 Å². The van der Waals surface area contributed by atoms with Crippen molar-refractivity contribution in [3.05, 3.63) is 71.8 Å². The summed E-state index contributed by atoms with van der Waals surface area (Å²) in [6.45, 7) is 6.37. The minimum absolute atomic E-state index is 0.0118. The Morgan fingerprint density at radius 3 is 2.16 bits per heavy atom. The van der Waals surface area contributed by atoms with Crippen molar-refractivity contribution >= 4 is 12.2 Å². The van der Waals surface area contributed by atoms with Gasteiger partial charge in [-0.3, -0.25) is 14.7 Å². The van der Waals surface area contributed by atoms with Crippen LogP contribution < -0.4 is 0 Å². The third kappa shape index (κ3) is 3.65. The summed E-state index contributed by atoms with van der Waals surface area (Å²) < 4.78 is 0. The first kappa shape index (κ1) is 17.4. The van der Waals surface area contributed by atoms with Crippen molar-refractivity contribution in [2.45, 2.75) is 45.2 Å². The second-order valence-electron chi connectivity index (χ2n) is 7.34. The molecule has 0 aromatic heterocycles. The van der Waals surface area contributed by atoms with Crippen LogP contribution in [0.1, 0.15) is 44.4 Å². The zero-order chi connectivity index (χ0) is 17.9. The summed E-state index contributed by atoms with van der Waals surface area (Å²) in [6, 6.07) is 20.3. The van der Waals surface area contributed by atoms with Crippen LogP contribution in [0.3, 0.4) is 0 Å². The number of amides is 1. The molecule has 2 atom stereocenters. The van der Waals surface area contributed by atoms with E-state index in [0.29, 0.717) is 12.3 Å². The van der Waals surface area contributed by atoms with Crippen LogP contribution in [-0.4, -0.2) is 22.7 Å². The molecular formula is C22H26N2O. The third-order valence-electron chi connectivity index (χ3n) is 4.85. The predicted octanol–water partition coefficient (Wildman–Crippen LogP) is 4.65. The first-order valence-corrected chi connectivity index (χ1v) is 8.99. The van der Waals surface area contributed by atoms with E-state index in [9.17, 15) is 4.79 Å². The zero-order valence-corrected chi connectivity index (χ0v) is 15.2. The van der Waals surface area contributed by atoms with Crippen molar-refractivity contribution in [2.24, 2.45) is 10.9 Å². The maximum absolute atomic E-state index is 13.4. The first-order chi connectivity index (χ1) is 12.0. The molecule has 0 bridgehead atoms. The molecule has 0 fully saturated rings. The zero-order valence-electron chi connectivity index (χ0n) is 15.2. The van der Waals surface area contributed by atoms with E-state index in [-0.39, 0.29) is 11.9 Å². The molecule has 130 valence electrons. The van der Waals surface area contributed by atoms with Crippen LogP contribution in [0.15, 0.2) is 65.7 Å². The van der Waals surface area contributed by atoms with Gasteiger partial charge in [0.1, 0.15) is 5.54 Å². The van der Waals surface area contributed by atoms with E-state index in [1.807, 2.05) is 36.4 Å². The number of carbonyl (C=O) groups is 1.